The molecule has 0 saturated heterocycles. The Bertz CT molecular complexity index is 353. The van der Waals surface area contributed by atoms with E-state index in [0.717, 1.165) is 29.2 Å². The molecule has 1 aromatic carbocycles. The number of hydrogen-bond acceptors (Lipinski definition) is 4. The van der Waals surface area contributed by atoms with Crippen LogP contribution in [0.3, 0.4) is 0 Å². The van der Waals surface area contributed by atoms with Crippen LogP contribution >= 0.6 is 11.8 Å². The summed E-state index contributed by atoms with van der Waals surface area (Å²) in [6, 6.07) is 5.54. The largest absolute Gasteiger partial charge is 0.493 e. The molecule has 0 aliphatic carbocycles. The second-order valence-electron chi connectivity index (χ2n) is 3.99. The lowest BCUT2D eigenvalue weighted by Gasteiger charge is -2.13. The summed E-state index contributed by atoms with van der Waals surface area (Å²) in [5, 5.41) is 9.51. The van der Waals surface area contributed by atoms with Gasteiger partial charge < -0.3 is 14.6 Å². The van der Waals surface area contributed by atoms with Crippen LogP contribution in [0.15, 0.2) is 18.2 Å². The summed E-state index contributed by atoms with van der Waals surface area (Å²) >= 11 is 1.92. The molecule has 1 rings (SSSR count). The molecule has 0 bridgehead atoms. The number of aliphatic hydroxyl groups excluding tert-OH is 1. The molecule has 0 unspecified atom stereocenters. The first-order valence-corrected chi connectivity index (χ1v) is 7.41. The molecule has 1 N–H and O–H groups in total. The van der Waals surface area contributed by atoms with Gasteiger partial charge in [-0.2, -0.15) is 11.8 Å². The van der Waals surface area contributed by atoms with E-state index in [1.54, 1.807) is 14.0 Å². The summed E-state index contributed by atoms with van der Waals surface area (Å²) in [6.07, 6.45) is 0.536. The second-order valence-corrected chi connectivity index (χ2v) is 5.38. The highest BCUT2D eigenvalue weighted by molar-refractivity contribution is 7.99. The minimum absolute atomic E-state index is 0.492. The Labute approximate surface area is 113 Å². The molecular formula is C14H22O3S. The van der Waals surface area contributed by atoms with Gasteiger partial charge in [0.25, 0.3) is 0 Å². The smallest absolute Gasteiger partial charge is 0.161 e. The highest BCUT2D eigenvalue weighted by atomic mass is 32.2. The van der Waals surface area contributed by atoms with Gasteiger partial charge in [0, 0.05) is 0 Å². The van der Waals surface area contributed by atoms with Gasteiger partial charge in [0.05, 0.1) is 19.8 Å². The maximum Gasteiger partial charge on any atom is 0.161 e. The fourth-order valence-electron chi connectivity index (χ4n) is 1.55. The van der Waals surface area contributed by atoms with Gasteiger partial charge in [-0.15, -0.1) is 0 Å². The maximum absolute atomic E-state index is 9.51. The number of aliphatic hydroxyl groups is 1. The van der Waals surface area contributed by atoms with E-state index < -0.39 is 6.10 Å². The zero-order chi connectivity index (χ0) is 13.4. The predicted molar refractivity (Wildman–Crippen MR) is 76.7 cm³/mol. The van der Waals surface area contributed by atoms with Crippen molar-refractivity contribution in [3.8, 4) is 11.5 Å². The summed E-state index contributed by atoms with van der Waals surface area (Å²) in [5.41, 5.74) is 0.834. The number of benzene rings is 1. The Kier molecular flexibility index (Phi) is 6.98. The summed E-state index contributed by atoms with van der Waals surface area (Å²) in [5.74, 6) is 3.68. The molecule has 0 amide bonds. The Morgan fingerprint density at radius 3 is 2.72 bits per heavy atom. The molecule has 0 heterocycles. The molecule has 0 aliphatic rings. The van der Waals surface area contributed by atoms with E-state index in [-0.39, 0.29) is 0 Å². The maximum atomic E-state index is 9.51. The number of ether oxygens (including phenoxy) is 2. The van der Waals surface area contributed by atoms with Crippen molar-refractivity contribution < 1.29 is 14.6 Å². The van der Waals surface area contributed by atoms with Crippen molar-refractivity contribution in [2.24, 2.45) is 0 Å². The number of methoxy groups -OCH3 is 1. The van der Waals surface area contributed by atoms with Gasteiger partial charge in [0.1, 0.15) is 0 Å². The molecular weight excluding hydrogens is 248 g/mol. The molecule has 18 heavy (non-hydrogen) atoms. The highest BCUT2D eigenvalue weighted by Crippen LogP contribution is 2.30. The Balaban J connectivity index is 2.54. The zero-order valence-corrected chi connectivity index (χ0v) is 12.1. The van der Waals surface area contributed by atoms with Gasteiger partial charge in [0.2, 0.25) is 0 Å². The van der Waals surface area contributed by atoms with Crippen molar-refractivity contribution in [2.45, 2.75) is 26.4 Å². The van der Waals surface area contributed by atoms with Gasteiger partial charge in [-0.1, -0.05) is 13.0 Å². The fraction of sp³-hybridized carbons (Fsp3) is 0.571. The monoisotopic (exact) mass is 270 g/mol. The Morgan fingerprint density at radius 2 is 2.11 bits per heavy atom. The molecule has 102 valence electrons. The molecule has 0 spiro atoms. The third kappa shape index (κ3) is 4.78. The average molecular weight is 270 g/mol. The van der Waals surface area contributed by atoms with Crippen LogP contribution in [0.4, 0.5) is 0 Å². The van der Waals surface area contributed by atoms with Gasteiger partial charge in [-0.05, 0) is 42.5 Å². The quantitative estimate of drug-likeness (QED) is 0.736. The van der Waals surface area contributed by atoms with Gasteiger partial charge in [-0.25, -0.2) is 0 Å². The van der Waals surface area contributed by atoms with Crippen molar-refractivity contribution in [3.05, 3.63) is 23.8 Å². The number of thioether (sulfide) groups is 1. The van der Waals surface area contributed by atoms with E-state index >= 15 is 0 Å². The van der Waals surface area contributed by atoms with E-state index in [0.29, 0.717) is 12.4 Å². The summed E-state index contributed by atoms with van der Waals surface area (Å²) in [4.78, 5) is 0. The van der Waals surface area contributed by atoms with Crippen LogP contribution in [0, 0.1) is 0 Å². The first kappa shape index (κ1) is 15.2. The van der Waals surface area contributed by atoms with E-state index in [1.165, 1.54) is 0 Å². The van der Waals surface area contributed by atoms with Gasteiger partial charge >= 0.3 is 0 Å². The van der Waals surface area contributed by atoms with Crippen molar-refractivity contribution in [2.75, 3.05) is 25.2 Å². The molecule has 1 atom stereocenters. The number of rotatable bonds is 8. The minimum Gasteiger partial charge on any atom is -0.493 e. The van der Waals surface area contributed by atoms with Crippen LogP contribution in [0.1, 0.15) is 31.9 Å². The summed E-state index contributed by atoms with van der Waals surface area (Å²) in [7, 11) is 1.61. The second kappa shape index (κ2) is 8.27. The average Bonchev–Trinajstić information content (AvgIpc) is 2.38. The first-order chi connectivity index (χ1) is 8.69. The molecule has 0 fully saturated rings. The van der Waals surface area contributed by atoms with E-state index in [1.807, 2.05) is 30.0 Å². The third-order valence-corrected chi connectivity index (χ3v) is 3.55. The Morgan fingerprint density at radius 1 is 1.33 bits per heavy atom. The molecule has 3 nitrogen and oxygen atoms in total. The lowest BCUT2D eigenvalue weighted by molar-refractivity contribution is 0.198. The first-order valence-electron chi connectivity index (χ1n) is 6.25. The van der Waals surface area contributed by atoms with Crippen LogP contribution in [0.25, 0.3) is 0 Å². The normalized spacial score (nSPS) is 12.2. The summed E-state index contributed by atoms with van der Waals surface area (Å²) in [6.45, 7) is 4.58. The zero-order valence-electron chi connectivity index (χ0n) is 11.3. The van der Waals surface area contributed by atoms with E-state index in [4.69, 9.17) is 9.47 Å². The van der Waals surface area contributed by atoms with Gasteiger partial charge in [0.15, 0.2) is 11.5 Å². The molecule has 1 aromatic rings. The van der Waals surface area contributed by atoms with Crippen LogP contribution in [-0.2, 0) is 0 Å². The van der Waals surface area contributed by atoms with E-state index in [9.17, 15) is 5.11 Å². The third-order valence-electron chi connectivity index (χ3n) is 2.56. The SMILES string of the molecule is CCSCCCOc1ccc([C@@H](C)O)cc1OC. The predicted octanol–water partition coefficient (Wildman–Crippen LogP) is 3.27. The molecule has 0 aromatic heterocycles. The van der Waals surface area contributed by atoms with Gasteiger partial charge in [-0.3, -0.25) is 0 Å². The van der Waals surface area contributed by atoms with E-state index in [2.05, 4.69) is 6.92 Å². The molecule has 0 aliphatic heterocycles. The van der Waals surface area contributed by atoms with Crippen molar-refractivity contribution in [1.29, 1.82) is 0 Å². The number of hydrogen-bond donors (Lipinski definition) is 1. The van der Waals surface area contributed by atoms with Crippen LogP contribution in [-0.4, -0.2) is 30.3 Å². The van der Waals surface area contributed by atoms with Crippen LogP contribution in [0.5, 0.6) is 11.5 Å². The standard InChI is InChI=1S/C14H22O3S/c1-4-18-9-5-8-17-13-7-6-12(11(2)15)10-14(13)16-3/h6-7,10-11,15H,4-5,8-9H2,1-3H3/t11-/m1/s1. The lowest BCUT2D eigenvalue weighted by atomic mass is 10.1. The minimum atomic E-state index is -0.492. The molecule has 0 saturated carbocycles. The van der Waals surface area contributed by atoms with Crippen molar-refractivity contribution >= 4 is 11.8 Å². The van der Waals surface area contributed by atoms with Crippen molar-refractivity contribution in [3.63, 3.8) is 0 Å². The van der Waals surface area contributed by atoms with Crippen LogP contribution < -0.4 is 9.47 Å². The molecule has 4 heteroatoms. The topological polar surface area (TPSA) is 38.7 Å². The fourth-order valence-corrected chi connectivity index (χ4v) is 2.16. The Hall–Kier alpha value is -0.870. The summed E-state index contributed by atoms with van der Waals surface area (Å²) < 4.78 is 11.0. The van der Waals surface area contributed by atoms with Crippen molar-refractivity contribution in [1.82, 2.24) is 0 Å². The lowest BCUT2D eigenvalue weighted by Crippen LogP contribution is -2.01. The highest BCUT2D eigenvalue weighted by Gasteiger charge is 2.08. The van der Waals surface area contributed by atoms with Crippen LogP contribution in [0.2, 0.25) is 0 Å². The molecule has 0 radical (unpaired) electrons.